The third-order valence-electron chi connectivity index (χ3n) is 4.83. The average molecular weight is 301 g/mol. The van der Waals surface area contributed by atoms with Crippen molar-refractivity contribution in [2.75, 3.05) is 31.2 Å². The Hall–Kier alpha value is -0.930. The second-order valence-electron chi connectivity index (χ2n) is 6.27. The van der Waals surface area contributed by atoms with Gasteiger partial charge in [-0.25, -0.2) is 0 Å². The Bertz CT molecular complexity index is 519. The van der Waals surface area contributed by atoms with E-state index in [-0.39, 0.29) is 0 Å². The molecule has 1 aromatic carbocycles. The zero-order valence-corrected chi connectivity index (χ0v) is 13.3. The summed E-state index contributed by atoms with van der Waals surface area (Å²) in [5.74, 6) is 0. The predicted molar refractivity (Wildman–Crippen MR) is 91.1 cm³/mol. The van der Waals surface area contributed by atoms with Crippen LogP contribution in [-0.2, 0) is 4.74 Å². The zero-order chi connectivity index (χ0) is 14.1. The number of hydrogen-bond acceptors (Lipinski definition) is 3. The normalized spacial score (nSPS) is 29.1. The highest BCUT2D eigenvalue weighted by Gasteiger charge is 2.27. The van der Waals surface area contributed by atoms with E-state index in [1.54, 1.807) is 5.57 Å². The maximum Gasteiger partial charge on any atom is 0.0642 e. The summed E-state index contributed by atoms with van der Waals surface area (Å²) in [6.45, 7) is 3.74. The number of ether oxygens (including phenoxy) is 1. The van der Waals surface area contributed by atoms with Crippen LogP contribution in [0.1, 0.15) is 31.2 Å². The van der Waals surface area contributed by atoms with Gasteiger partial charge in [-0.3, -0.25) is 0 Å². The van der Waals surface area contributed by atoms with Gasteiger partial charge in [-0.05, 0) is 42.5 Å². The molecule has 0 amide bonds. The maximum atomic E-state index is 5.43. The molecule has 2 atom stereocenters. The summed E-state index contributed by atoms with van der Waals surface area (Å²) in [6.07, 6.45) is 7.99. The van der Waals surface area contributed by atoms with E-state index < -0.39 is 0 Å². The molecule has 2 unspecified atom stereocenters. The summed E-state index contributed by atoms with van der Waals surface area (Å²) in [5, 5.41) is 1.63. The van der Waals surface area contributed by atoms with Crippen molar-refractivity contribution >= 4 is 23.0 Å². The van der Waals surface area contributed by atoms with Gasteiger partial charge in [0.15, 0.2) is 0 Å². The lowest BCUT2D eigenvalue weighted by Crippen LogP contribution is -2.36. The zero-order valence-electron chi connectivity index (χ0n) is 12.5. The lowest BCUT2D eigenvalue weighted by Gasteiger charge is -2.33. The van der Waals surface area contributed by atoms with E-state index in [1.165, 1.54) is 36.9 Å². The number of thioether (sulfide) groups is 1. The molecule has 1 aromatic rings. The number of hydrogen-bond donors (Lipinski definition) is 0. The van der Waals surface area contributed by atoms with Crippen LogP contribution in [0.4, 0.5) is 5.69 Å². The second-order valence-corrected chi connectivity index (χ2v) is 7.81. The number of nitrogens with zero attached hydrogens (tertiary/aromatic N) is 1. The van der Waals surface area contributed by atoms with Gasteiger partial charge in [0.1, 0.15) is 0 Å². The van der Waals surface area contributed by atoms with Crippen molar-refractivity contribution in [1.29, 1.82) is 0 Å². The SMILES string of the molecule is C1=C(c2ccc(N3CCOCC3)cc2)CC2CCCC1S2. The molecular weight excluding hydrogens is 278 g/mol. The lowest BCUT2D eigenvalue weighted by atomic mass is 9.93. The molecule has 0 radical (unpaired) electrons. The molecule has 2 nitrogen and oxygen atoms in total. The van der Waals surface area contributed by atoms with E-state index in [0.717, 1.165) is 36.8 Å². The predicted octanol–water partition coefficient (Wildman–Crippen LogP) is 3.96. The van der Waals surface area contributed by atoms with Crippen LogP contribution in [0.5, 0.6) is 0 Å². The highest BCUT2D eigenvalue weighted by atomic mass is 32.2. The first-order valence-electron chi connectivity index (χ1n) is 8.18. The minimum absolute atomic E-state index is 0.770. The molecule has 0 spiro atoms. The van der Waals surface area contributed by atoms with Crippen molar-refractivity contribution in [3.05, 3.63) is 35.9 Å². The Morgan fingerprint density at radius 1 is 1.05 bits per heavy atom. The molecule has 0 saturated carbocycles. The molecule has 0 aromatic heterocycles. The molecule has 2 saturated heterocycles. The lowest BCUT2D eigenvalue weighted by molar-refractivity contribution is 0.122. The summed E-state index contributed by atoms with van der Waals surface area (Å²) in [7, 11) is 0. The van der Waals surface area contributed by atoms with Crippen LogP contribution >= 0.6 is 11.8 Å². The number of fused-ring (bicyclic) bond motifs is 2. The molecule has 3 heteroatoms. The first-order chi connectivity index (χ1) is 10.4. The topological polar surface area (TPSA) is 12.5 Å². The fourth-order valence-corrected chi connectivity index (χ4v) is 5.28. The van der Waals surface area contributed by atoms with Gasteiger partial charge in [0.25, 0.3) is 0 Å². The molecule has 4 rings (SSSR count). The van der Waals surface area contributed by atoms with Crippen LogP contribution in [-0.4, -0.2) is 36.8 Å². The number of morpholine rings is 1. The van der Waals surface area contributed by atoms with Crippen LogP contribution in [0.25, 0.3) is 5.57 Å². The van der Waals surface area contributed by atoms with E-state index in [9.17, 15) is 0 Å². The summed E-state index contributed by atoms with van der Waals surface area (Å²) < 4.78 is 5.43. The largest absolute Gasteiger partial charge is 0.378 e. The molecule has 21 heavy (non-hydrogen) atoms. The van der Waals surface area contributed by atoms with Gasteiger partial charge >= 0.3 is 0 Å². The van der Waals surface area contributed by atoms with E-state index >= 15 is 0 Å². The molecule has 0 aliphatic carbocycles. The van der Waals surface area contributed by atoms with E-state index in [0.29, 0.717) is 0 Å². The molecule has 3 aliphatic rings. The quantitative estimate of drug-likeness (QED) is 0.820. The third kappa shape index (κ3) is 3.00. The number of allylic oxidation sites excluding steroid dienone is 1. The van der Waals surface area contributed by atoms with Crippen LogP contribution in [0.2, 0.25) is 0 Å². The summed E-state index contributed by atoms with van der Waals surface area (Å²) in [6, 6.07) is 9.22. The van der Waals surface area contributed by atoms with Crippen LogP contribution in [0.3, 0.4) is 0 Å². The van der Waals surface area contributed by atoms with Gasteiger partial charge in [0, 0.05) is 29.3 Å². The van der Waals surface area contributed by atoms with Gasteiger partial charge in [0.05, 0.1) is 13.2 Å². The standard InChI is InChI=1S/C18H23NOS/c1-2-17-12-15(13-18(3-1)21-17)14-4-6-16(7-5-14)19-8-10-20-11-9-19/h4-7,12,17-18H,1-3,8-11,13H2. The van der Waals surface area contributed by atoms with E-state index in [4.69, 9.17) is 4.74 Å². The van der Waals surface area contributed by atoms with Crippen molar-refractivity contribution in [2.45, 2.75) is 36.2 Å². The van der Waals surface area contributed by atoms with E-state index in [2.05, 4.69) is 47.0 Å². The van der Waals surface area contributed by atoms with Gasteiger partial charge < -0.3 is 9.64 Å². The number of rotatable bonds is 2. The fraction of sp³-hybridized carbons (Fsp3) is 0.556. The molecule has 3 aliphatic heterocycles. The van der Waals surface area contributed by atoms with Crippen LogP contribution in [0.15, 0.2) is 30.3 Å². The maximum absolute atomic E-state index is 5.43. The van der Waals surface area contributed by atoms with Gasteiger partial charge in [0.2, 0.25) is 0 Å². The average Bonchev–Trinajstić information content (AvgIpc) is 2.55. The molecule has 2 fully saturated rings. The fourth-order valence-electron chi connectivity index (χ4n) is 3.66. The van der Waals surface area contributed by atoms with Crippen molar-refractivity contribution in [1.82, 2.24) is 0 Å². The van der Waals surface area contributed by atoms with Gasteiger partial charge in [-0.1, -0.05) is 24.6 Å². The van der Waals surface area contributed by atoms with Crippen molar-refractivity contribution < 1.29 is 4.74 Å². The Balaban J connectivity index is 1.52. The summed E-state index contributed by atoms with van der Waals surface area (Å²) in [4.78, 5) is 2.42. The van der Waals surface area contributed by atoms with Crippen molar-refractivity contribution in [3.8, 4) is 0 Å². The van der Waals surface area contributed by atoms with Gasteiger partial charge in [-0.2, -0.15) is 11.8 Å². The Labute approximate surface area is 131 Å². The molecular formula is C18H23NOS. The minimum Gasteiger partial charge on any atom is -0.378 e. The highest BCUT2D eigenvalue weighted by Crippen LogP contribution is 2.43. The number of benzene rings is 1. The van der Waals surface area contributed by atoms with E-state index in [1.807, 2.05) is 0 Å². The van der Waals surface area contributed by atoms with Crippen molar-refractivity contribution in [3.63, 3.8) is 0 Å². The second kappa shape index (κ2) is 6.05. The summed E-state index contributed by atoms with van der Waals surface area (Å²) in [5.41, 5.74) is 4.36. The smallest absolute Gasteiger partial charge is 0.0642 e. The summed E-state index contributed by atoms with van der Waals surface area (Å²) >= 11 is 2.20. The Kier molecular flexibility index (Phi) is 3.95. The molecule has 0 N–H and O–H groups in total. The molecule has 3 heterocycles. The first-order valence-corrected chi connectivity index (χ1v) is 9.12. The molecule has 112 valence electrons. The first kappa shape index (κ1) is 13.7. The van der Waals surface area contributed by atoms with Crippen molar-refractivity contribution in [2.24, 2.45) is 0 Å². The Morgan fingerprint density at radius 3 is 2.62 bits per heavy atom. The third-order valence-corrected chi connectivity index (χ3v) is 6.34. The highest BCUT2D eigenvalue weighted by molar-refractivity contribution is 8.00. The van der Waals surface area contributed by atoms with Crippen LogP contribution in [0, 0.1) is 0 Å². The molecule has 2 bridgehead atoms. The van der Waals surface area contributed by atoms with Gasteiger partial charge in [-0.15, -0.1) is 0 Å². The number of anilines is 1. The van der Waals surface area contributed by atoms with Crippen LogP contribution < -0.4 is 4.90 Å². The Morgan fingerprint density at radius 2 is 1.86 bits per heavy atom. The monoisotopic (exact) mass is 301 g/mol. The minimum atomic E-state index is 0.770.